The third kappa shape index (κ3) is 5.83. The Hall–Kier alpha value is -1.22. The zero-order chi connectivity index (χ0) is 15.0. The molecule has 0 spiro atoms. The lowest BCUT2D eigenvalue weighted by Crippen LogP contribution is -2.13. The van der Waals surface area contributed by atoms with Crippen molar-refractivity contribution in [1.29, 1.82) is 0 Å². The highest BCUT2D eigenvalue weighted by Gasteiger charge is 2.08. The smallest absolute Gasteiger partial charge is 0.122 e. The molecule has 114 valence electrons. The van der Waals surface area contributed by atoms with Crippen molar-refractivity contribution in [3.05, 3.63) is 23.3 Å². The van der Waals surface area contributed by atoms with Gasteiger partial charge < -0.3 is 15.1 Å². The predicted octanol–water partition coefficient (Wildman–Crippen LogP) is 3.71. The largest absolute Gasteiger partial charge is 0.508 e. The van der Waals surface area contributed by atoms with Gasteiger partial charge in [0.05, 0.1) is 0 Å². The molecule has 0 atom stereocenters. The fraction of sp³-hybridized carbons (Fsp3) is 0.647. The highest BCUT2D eigenvalue weighted by Crippen LogP contribution is 2.29. The molecule has 1 aromatic rings. The second-order valence-corrected chi connectivity index (χ2v) is 5.83. The van der Waals surface area contributed by atoms with Crippen molar-refractivity contribution in [3.63, 3.8) is 0 Å². The fourth-order valence-corrected chi connectivity index (χ4v) is 2.40. The van der Waals surface area contributed by atoms with E-state index in [2.05, 4.69) is 25.9 Å². The third-order valence-corrected chi connectivity index (χ3v) is 3.63. The number of hydrogen-bond acceptors (Lipinski definition) is 3. The Morgan fingerprint density at radius 1 is 0.850 bits per heavy atom. The number of nitrogens with zero attached hydrogens (tertiary/aromatic N) is 1. The Kier molecular flexibility index (Phi) is 7.45. The molecule has 0 amide bonds. The Bertz CT molecular complexity index is 402. The van der Waals surface area contributed by atoms with Crippen molar-refractivity contribution >= 4 is 0 Å². The lowest BCUT2D eigenvalue weighted by atomic mass is 10.00. The summed E-state index contributed by atoms with van der Waals surface area (Å²) in [5.41, 5.74) is 1.92. The molecule has 0 saturated heterocycles. The van der Waals surface area contributed by atoms with Crippen molar-refractivity contribution < 1.29 is 10.2 Å². The fourth-order valence-electron chi connectivity index (χ4n) is 2.40. The van der Waals surface area contributed by atoms with Crippen molar-refractivity contribution in [2.24, 2.45) is 0 Å². The zero-order valence-corrected chi connectivity index (χ0v) is 13.2. The molecular weight excluding hydrogens is 250 g/mol. The van der Waals surface area contributed by atoms with Gasteiger partial charge in [0.2, 0.25) is 0 Å². The maximum absolute atomic E-state index is 9.92. The molecule has 2 N–H and O–H groups in total. The molecule has 0 fully saturated rings. The lowest BCUT2D eigenvalue weighted by molar-refractivity contribution is 0.396. The minimum Gasteiger partial charge on any atom is -0.508 e. The minimum absolute atomic E-state index is 0.221. The van der Waals surface area contributed by atoms with Gasteiger partial charge >= 0.3 is 0 Å². The summed E-state index contributed by atoms with van der Waals surface area (Å²) in [4.78, 5) is 2.14. The van der Waals surface area contributed by atoms with Gasteiger partial charge in [-0.15, -0.1) is 0 Å². The molecule has 0 bridgehead atoms. The molecule has 0 unspecified atom stereocenters. The number of aromatic hydroxyl groups is 2. The number of hydrogen-bond donors (Lipinski definition) is 2. The molecule has 0 aliphatic rings. The van der Waals surface area contributed by atoms with Crippen LogP contribution in [0, 0.1) is 0 Å². The van der Waals surface area contributed by atoms with Crippen LogP contribution in [0.5, 0.6) is 11.5 Å². The van der Waals surface area contributed by atoms with E-state index in [0.717, 1.165) is 43.4 Å². The summed E-state index contributed by atoms with van der Waals surface area (Å²) in [7, 11) is 4.10. The quantitative estimate of drug-likeness (QED) is 0.677. The molecule has 3 heteroatoms. The van der Waals surface area contributed by atoms with Crippen LogP contribution < -0.4 is 0 Å². The summed E-state index contributed by atoms with van der Waals surface area (Å²) in [6.45, 7) is 3.20. The number of phenols is 2. The molecule has 0 aliphatic carbocycles. The molecule has 20 heavy (non-hydrogen) atoms. The molecular formula is C17H29NO2. The van der Waals surface area contributed by atoms with Gasteiger partial charge in [-0.2, -0.15) is 0 Å². The number of unbranched alkanes of at least 4 members (excludes halogenated alkanes) is 3. The van der Waals surface area contributed by atoms with E-state index >= 15 is 0 Å². The van der Waals surface area contributed by atoms with Crippen molar-refractivity contribution in [1.82, 2.24) is 4.90 Å². The summed E-state index contributed by atoms with van der Waals surface area (Å²) in [5.74, 6) is 0.453. The molecule has 0 aliphatic heterocycles. The van der Waals surface area contributed by atoms with E-state index in [1.54, 1.807) is 0 Å². The van der Waals surface area contributed by atoms with Gasteiger partial charge in [-0.1, -0.05) is 26.2 Å². The Balaban J connectivity index is 2.61. The second kappa shape index (κ2) is 8.85. The first-order valence-corrected chi connectivity index (χ1v) is 7.73. The van der Waals surface area contributed by atoms with Crippen molar-refractivity contribution in [2.75, 3.05) is 20.6 Å². The zero-order valence-electron chi connectivity index (χ0n) is 13.2. The van der Waals surface area contributed by atoms with Gasteiger partial charge in [-0.3, -0.25) is 0 Å². The van der Waals surface area contributed by atoms with Crippen LogP contribution in [0.1, 0.15) is 50.2 Å². The van der Waals surface area contributed by atoms with Crippen LogP contribution in [0.15, 0.2) is 12.1 Å². The molecule has 3 nitrogen and oxygen atoms in total. The first-order valence-electron chi connectivity index (χ1n) is 7.73. The minimum atomic E-state index is 0.221. The Morgan fingerprint density at radius 2 is 1.45 bits per heavy atom. The monoisotopic (exact) mass is 279 g/mol. The van der Waals surface area contributed by atoms with Gasteiger partial charge in [0.25, 0.3) is 0 Å². The van der Waals surface area contributed by atoms with Crippen LogP contribution in [0.4, 0.5) is 0 Å². The van der Waals surface area contributed by atoms with E-state index < -0.39 is 0 Å². The van der Waals surface area contributed by atoms with Crippen LogP contribution in [0.25, 0.3) is 0 Å². The number of aryl methyl sites for hydroxylation is 2. The van der Waals surface area contributed by atoms with Crippen LogP contribution >= 0.6 is 0 Å². The predicted molar refractivity (Wildman–Crippen MR) is 84.5 cm³/mol. The molecule has 0 saturated carbocycles. The van der Waals surface area contributed by atoms with Gasteiger partial charge in [-0.05, 0) is 63.5 Å². The highest BCUT2D eigenvalue weighted by atomic mass is 16.3. The summed E-state index contributed by atoms with van der Waals surface area (Å²) in [6.07, 6.45) is 7.53. The molecule has 1 aromatic carbocycles. The molecule has 0 heterocycles. The van der Waals surface area contributed by atoms with E-state index in [9.17, 15) is 10.2 Å². The SMILES string of the molecule is CCCCCCc1cc(CCCN(C)C)c(O)cc1O. The van der Waals surface area contributed by atoms with E-state index in [4.69, 9.17) is 0 Å². The van der Waals surface area contributed by atoms with E-state index in [-0.39, 0.29) is 11.5 Å². The van der Waals surface area contributed by atoms with E-state index in [1.165, 1.54) is 25.3 Å². The number of phenolic OH excluding ortho intramolecular Hbond substituents is 2. The standard InChI is InChI=1S/C17H29NO2/c1-4-5-6-7-9-14-12-15(10-8-11-18(2)3)17(20)13-16(14)19/h12-13,19-20H,4-11H2,1-3H3. The van der Waals surface area contributed by atoms with Gasteiger partial charge in [0, 0.05) is 6.07 Å². The molecule has 1 rings (SSSR count). The van der Waals surface area contributed by atoms with Crippen LogP contribution in [0.2, 0.25) is 0 Å². The Morgan fingerprint density at radius 3 is 2.00 bits per heavy atom. The van der Waals surface area contributed by atoms with Crippen molar-refractivity contribution in [3.8, 4) is 11.5 Å². The van der Waals surface area contributed by atoms with Crippen LogP contribution in [0.3, 0.4) is 0 Å². The summed E-state index contributed by atoms with van der Waals surface area (Å²) >= 11 is 0. The van der Waals surface area contributed by atoms with Gasteiger partial charge in [0.1, 0.15) is 11.5 Å². The average Bonchev–Trinajstić information content (AvgIpc) is 2.38. The first-order chi connectivity index (χ1) is 9.54. The molecule has 0 radical (unpaired) electrons. The Labute approximate surface area is 123 Å². The molecule has 0 aromatic heterocycles. The number of rotatable bonds is 9. The van der Waals surface area contributed by atoms with E-state index in [1.807, 2.05) is 6.07 Å². The van der Waals surface area contributed by atoms with Crippen LogP contribution in [-0.2, 0) is 12.8 Å². The third-order valence-electron chi connectivity index (χ3n) is 3.63. The van der Waals surface area contributed by atoms with Gasteiger partial charge in [-0.25, -0.2) is 0 Å². The maximum Gasteiger partial charge on any atom is 0.122 e. The topological polar surface area (TPSA) is 43.7 Å². The lowest BCUT2D eigenvalue weighted by Gasteiger charge is -2.12. The van der Waals surface area contributed by atoms with Gasteiger partial charge in [0.15, 0.2) is 0 Å². The normalized spacial score (nSPS) is 11.2. The number of benzene rings is 1. The summed E-state index contributed by atoms with van der Waals surface area (Å²) in [5, 5.41) is 19.8. The van der Waals surface area contributed by atoms with Crippen LogP contribution in [-0.4, -0.2) is 35.8 Å². The first kappa shape index (κ1) is 16.8. The summed E-state index contributed by atoms with van der Waals surface area (Å²) in [6, 6.07) is 3.48. The highest BCUT2D eigenvalue weighted by molar-refractivity contribution is 5.45. The van der Waals surface area contributed by atoms with E-state index in [0.29, 0.717) is 0 Å². The maximum atomic E-state index is 9.92. The second-order valence-electron chi connectivity index (χ2n) is 5.83. The summed E-state index contributed by atoms with van der Waals surface area (Å²) < 4.78 is 0. The van der Waals surface area contributed by atoms with Crippen molar-refractivity contribution in [2.45, 2.75) is 51.9 Å². The average molecular weight is 279 g/mol.